The summed E-state index contributed by atoms with van der Waals surface area (Å²) in [5.41, 5.74) is 0. The lowest BCUT2D eigenvalue weighted by Gasteiger charge is -2.36. The molecule has 122 valence electrons. The summed E-state index contributed by atoms with van der Waals surface area (Å²) in [5, 5.41) is 2.92. The molecule has 0 aliphatic carbocycles. The lowest BCUT2D eigenvalue weighted by Crippen LogP contribution is -2.58. The Morgan fingerprint density at radius 2 is 2.09 bits per heavy atom. The van der Waals surface area contributed by atoms with Crippen LogP contribution >= 0.6 is 11.6 Å². The van der Waals surface area contributed by atoms with Crippen molar-refractivity contribution in [1.29, 1.82) is 0 Å². The van der Waals surface area contributed by atoms with E-state index in [1.54, 1.807) is 0 Å². The second-order valence-electron chi connectivity index (χ2n) is 5.39. The Morgan fingerprint density at radius 1 is 1.41 bits per heavy atom. The first kappa shape index (κ1) is 17.1. The highest BCUT2D eigenvalue weighted by molar-refractivity contribution is 7.89. The van der Waals surface area contributed by atoms with E-state index in [9.17, 15) is 13.2 Å². The highest BCUT2D eigenvalue weighted by atomic mass is 35.5. The maximum Gasteiger partial charge on any atom is 0.243 e. The number of sulfonamides is 1. The van der Waals surface area contributed by atoms with Crippen LogP contribution in [0.4, 0.5) is 0 Å². The summed E-state index contributed by atoms with van der Waals surface area (Å²) in [4.78, 5) is 12.1. The number of benzene rings is 1. The van der Waals surface area contributed by atoms with Crippen LogP contribution in [0.5, 0.6) is 5.75 Å². The molecule has 1 saturated heterocycles. The Labute approximate surface area is 135 Å². The van der Waals surface area contributed by atoms with Crippen molar-refractivity contribution in [1.82, 2.24) is 9.62 Å². The van der Waals surface area contributed by atoms with Crippen molar-refractivity contribution in [3.8, 4) is 5.75 Å². The van der Waals surface area contributed by atoms with Crippen LogP contribution in [0.2, 0.25) is 5.02 Å². The van der Waals surface area contributed by atoms with E-state index in [4.69, 9.17) is 16.3 Å². The van der Waals surface area contributed by atoms with Crippen molar-refractivity contribution in [2.24, 2.45) is 5.92 Å². The largest absolute Gasteiger partial charge is 0.495 e. The van der Waals surface area contributed by atoms with Gasteiger partial charge >= 0.3 is 0 Å². The number of nitrogens with one attached hydrogen (secondary N) is 1. The fourth-order valence-electron chi connectivity index (χ4n) is 2.51. The minimum atomic E-state index is -3.80. The molecule has 1 aliphatic rings. The molecule has 1 atom stereocenters. The first-order valence-corrected chi connectivity index (χ1v) is 8.74. The zero-order valence-electron chi connectivity index (χ0n) is 12.7. The maximum atomic E-state index is 12.8. The van der Waals surface area contributed by atoms with Gasteiger partial charge in [0.1, 0.15) is 11.8 Å². The molecule has 1 aromatic carbocycles. The van der Waals surface area contributed by atoms with Crippen LogP contribution in [-0.2, 0) is 14.8 Å². The van der Waals surface area contributed by atoms with Gasteiger partial charge in [-0.2, -0.15) is 4.31 Å². The second kappa shape index (κ2) is 6.44. The summed E-state index contributed by atoms with van der Waals surface area (Å²) >= 11 is 6.01. The Hall–Kier alpha value is -1.31. The third-order valence-corrected chi connectivity index (χ3v) is 5.74. The van der Waals surface area contributed by atoms with Gasteiger partial charge in [0.25, 0.3) is 0 Å². The van der Waals surface area contributed by atoms with E-state index in [0.29, 0.717) is 12.3 Å². The fraction of sp³-hybridized carbons (Fsp3) is 0.500. The van der Waals surface area contributed by atoms with Gasteiger partial charge in [-0.05, 0) is 24.1 Å². The standard InChI is InChI=1S/C14H19ClN2O4S/c1-9(2)13-14(18)16-6-7-17(13)22(19,20)10-4-5-12(21-3)11(15)8-10/h4-5,8-9,13H,6-7H2,1-3H3,(H,16,18). The van der Waals surface area contributed by atoms with Crippen molar-refractivity contribution in [2.75, 3.05) is 20.2 Å². The van der Waals surface area contributed by atoms with Gasteiger partial charge < -0.3 is 10.1 Å². The minimum absolute atomic E-state index is 0.0543. The number of hydrogen-bond acceptors (Lipinski definition) is 4. The average molecular weight is 347 g/mol. The van der Waals surface area contributed by atoms with Gasteiger partial charge in [-0.1, -0.05) is 25.4 Å². The molecule has 1 heterocycles. The van der Waals surface area contributed by atoms with Crippen LogP contribution in [0.3, 0.4) is 0 Å². The predicted molar refractivity (Wildman–Crippen MR) is 83.5 cm³/mol. The molecule has 1 unspecified atom stereocenters. The van der Waals surface area contributed by atoms with Gasteiger partial charge in [0.2, 0.25) is 15.9 Å². The molecule has 1 aromatic rings. The van der Waals surface area contributed by atoms with E-state index in [2.05, 4.69) is 5.32 Å². The molecule has 8 heteroatoms. The van der Waals surface area contributed by atoms with Crippen molar-refractivity contribution >= 4 is 27.5 Å². The van der Waals surface area contributed by atoms with Crippen LogP contribution in [0.1, 0.15) is 13.8 Å². The van der Waals surface area contributed by atoms with Crippen LogP contribution in [0.15, 0.2) is 23.1 Å². The Kier molecular flexibility index (Phi) is 4.99. The number of hydrogen-bond donors (Lipinski definition) is 1. The molecule has 0 spiro atoms. The molecule has 1 fully saturated rings. The summed E-state index contributed by atoms with van der Waals surface area (Å²) in [6, 6.07) is 3.56. The number of halogens is 1. The van der Waals surface area contributed by atoms with E-state index in [1.807, 2.05) is 13.8 Å². The van der Waals surface area contributed by atoms with Gasteiger partial charge in [-0.3, -0.25) is 4.79 Å². The number of ether oxygens (including phenoxy) is 1. The van der Waals surface area contributed by atoms with Gasteiger partial charge in [-0.25, -0.2) is 8.42 Å². The van der Waals surface area contributed by atoms with Gasteiger partial charge in [0.05, 0.1) is 17.0 Å². The SMILES string of the molecule is COc1ccc(S(=O)(=O)N2CCNC(=O)C2C(C)C)cc1Cl. The highest BCUT2D eigenvalue weighted by Gasteiger charge is 2.40. The number of amides is 1. The molecule has 0 saturated carbocycles. The molecule has 1 amide bonds. The topological polar surface area (TPSA) is 75.7 Å². The molecule has 0 aromatic heterocycles. The zero-order valence-corrected chi connectivity index (χ0v) is 14.2. The molecule has 1 N–H and O–H groups in total. The smallest absolute Gasteiger partial charge is 0.243 e. The summed E-state index contributed by atoms with van der Waals surface area (Å²) in [7, 11) is -2.35. The van der Waals surface area contributed by atoms with Crippen LogP contribution in [-0.4, -0.2) is 44.9 Å². The van der Waals surface area contributed by atoms with Crippen LogP contribution < -0.4 is 10.1 Å². The number of methoxy groups -OCH3 is 1. The first-order valence-electron chi connectivity index (χ1n) is 6.92. The monoisotopic (exact) mass is 346 g/mol. The second-order valence-corrected chi connectivity index (χ2v) is 7.69. The zero-order chi connectivity index (χ0) is 16.5. The van der Waals surface area contributed by atoms with Crippen molar-refractivity contribution in [2.45, 2.75) is 24.8 Å². The molecule has 1 aliphatic heterocycles. The van der Waals surface area contributed by atoms with Gasteiger partial charge in [0.15, 0.2) is 0 Å². The quantitative estimate of drug-likeness (QED) is 0.896. The number of piperazine rings is 1. The van der Waals surface area contributed by atoms with E-state index in [1.165, 1.54) is 29.6 Å². The fourth-order valence-corrected chi connectivity index (χ4v) is 4.58. The third-order valence-electron chi connectivity index (χ3n) is 3.57. The van der Waals surface area contributed by atoms with Crippen LogP contribution in [0, 0.1) is 5.92 Å². The molecule has 6 nitrogen and oxygen atoms in total. The summed E-state index contributed by atoms with van der Waals surface area (Å²) in [5.74, 6) is -0.00866. The van der Waals surface area contributed by atoms with Crippen molar-refractivity contribution in [3.63, 3.8) is 0 Å². The summed E-state index contributed by atoms with van der Waals surface area (Å²) < 4.78 is 32.0. The molecule has 0 radical (unpaired) electrons. The lowest BCUT2D eigenvalue weighted by molar-refractivity contribution is -0.128. The summed E-state index contributed by atoms with van der Waals surface area (Å²) in [6.45, 7) is 4.17. The van der Waals surface area contributed by atoms with Gasteiger partial charge in [0, 0.05) is 13.1 Å². The highest BCUT2D eigenvalue weighted by Crippen LogP contribution is 2.30. The van der Waals surface area contributed by atoms with E-state index in [-0.39, 0.29) is 28.3 Å². The Balaban J connectivity index is 2.44. The third kappa shape index (κ3) is 3.06. The molecule has 22 heavy (non-hydrogen) atoms. The normalized spacial score (nSPS) is 20.0. The Bertz CT molecular complexity index is 675. The van der Waals surface area contributed by atoms with E-state index >= 15 is 0 Å². The van der Waals surface area contributed by atoms with E-state index < -0.39 is 16.1 Å². The van der Waals surface area contributed by atoms with E-state index in [0.717, 1.165) is 0 Å². The number of rotatable bonds is 4. The predicted octanol–water partition coefficient (Wildman–Crippen LogP) is 1.49. The number of carbonyl (C=O) groups excluding carboxylic acids is 1. The molecule has 0 bridgehead atoms. The molecule has 2 rings (SSSR count). The van der Waals surface area contributed by atoms with Crippen LogP contribution in [0.25, 0.3) is 0 Å². The maximum absolute atomic E-state index is 12.8. The minimum Gasteiger partial charge on any atom is -0.495 e. The lowest BCUT2D eigenvalue weighted by atomic mass is 10.0. The molecular formula is C14H19ClN2O4S. The first-order chi connectivity index (χ1) is 10.3. The Morgan fingerprint density at radius 3 is 2.64 bits per heavy atom. The summed E-state index contributed by atoms with van der Waals surface area (Å²) in [6.07, 6.45) is 0. The van der Waals surface area contributed by atoms with Gasteiger partial charge in [-0.15, -0.1) is 0 Å². The molecular weight excluding hydrogens is 328 g/mol. The average Bonchev–Trinajstić information content (AvgIpc) is 2.46. The van der Waals surface area contributed by atoms with Crippen molar-refractivity contribution in [3.05, 3.63) is 23.2 Å². The number of nitrogens with zero attached hydrogens (tertiary/aromatic N) is 1. The number of carbonyl (C=O) groups is 1. The van der Waals surface area contributed by atoms with Crippen molar-refractivity contribution < 1.29 is 17.9 Å².